The average molecular weight is 322 g/mol. The minimum atomic E-state index is -0.963. The number of piperidine rings is 1. The highest BCUT2D eigenvalue weighted by molar-refractivity contribution is 5.47. The van der Waals surface area contributed by atoms with E-state index in [0.717, 1.165) is 50.0 Å². The van der Waals surface area contributed by atoms with E-state index in [9.17, 15) is 5.11 Å². The predicted molar refractivity (Wildman–Crippen MR) is 96.0 cm³/mol. The second kappa shape index (κ2) is 5.98. The van der Waals surface area contributed by atoms with Gasteiger partial charge in [-0.3, -0.25) is 4.98 Å². The quantitative estimate of drug-likeness (QED) is 0.876. The van der Waals surface area contributed by atoms with E-state index in [2.05, 4.69) is 43.1 Å². The molecule has 2 aromatic rings. The van der Waals surface area contributed by atoms with Crippen molar-refractivity contribution in [2.24, 2.45) is 5.92 Å². The van der Waals surface area contributed by atoms with Crippen molar-refractivity contribution in [1.82, 2.24) is 9.88 Å². The highest BCUT2D eigenvalue weighted by Crippen LogP contribution is 2.45. The first-order chi connectivity index (χ1) is 11.6. The Morgan fingerprint density at radius 1 is 1.12 bits per heavy atom. The van der Waals surface area contributed by atoms with Gasteiger partial charge in [0.25, 0.3) is 0 Å². The maximum Gasteiger partial charge on any atom is 0.135 e. The summed E-state index contributed by atoms with van der Waals surface area (Å²) in [5.41, 5.74) is 4.71. The molecule has 1 aromatic carbocycles. The van der Waals surface area contributed by atoms with Gasteiger partial charge < -0.3 is 10.0 Å². The molecule has 0 radical (unpaired) electrons. The number of aryl methyl sites for hydroxylation is 3. The summed E-state index contributed by atoms with van der Waals surface area (Å²) in [5, 5.41) is 12.1. The van der Waals surface area contributed by atoms with Gasteiger partial charge in [0.2, 0.25) is 0 Å². The maximum atomic E-state index is 12.1. The van der Waals surface area contributed by atoms with Gasteiger partial charge in [-0.1, -0.05) is 29.8 Å². The molecule has 1 aliphatic heterocycles. The molecule has 1 N–H and O–H groups in total. The molecular weight excluding hydrogens is 296 g/mol. The molecule has 3 nitrogen and oxygen atoms in total. The molecule has 3 heteroatoms. The molecule has 4 rings (SSSR count). The van der Waals surface area contributed by atoms with E-state index in [0.29, 0.717) is 0 Å². The normalized spacial score (nSPS) is 25.0. The summed E-state index contributed by atoms with van der Waals surface area (Å²) < 4.78 is 0. The molecule has 126 valence electrons. The first-order valence-electron chi connectivity index (χ1n) is 9.04. The van der Waals surface area contributed by atoms with E-state index < -0.39 is 5.60 Å². The number of aromatic nitrogens is 1. The summed E-state index contributed by atoms with van der Waals surface area (Å²) in [5.74, 6) is 0.223. The Bertz CT molecular complexity index is 749. The fraction of sp³-hybridized carbons (Fsp3) is 0.476. The third-order valence-electron chi connectivity index (χ3n) is 5.90. The minimum absolute atomic E-state index is 0.223. The summed E-state index contributed by atoms with van der Waals surface area (Å²) in [6, 6.07) is 10.7. The van der Waals surface area contributed by atoms with E-state index in [-0.39, 0.29) is 5.92 Å². The molecular formula is C21H26N2O. The van der Waals surface area contributed by atoms with E-state index in [1.165, 1.54) is 16.7 Å². The molecule has 0 amide bonds. The Labute approximate surface area is 144 Å². The Balaban J connectivity index is 1.91. The van der Waals surface area contributed by atoms with Crippen LogP contribution in [0.3, 0.4) is 0 Å². The molecule has 1 atom stereocenters. The predicted octanol–water partition coefficient (Wildman–Crippen LogP) is 3.07. The first kappa shape index (κ1) is 15.8. The molecule has 0 saturated carbocycles. The van der Waals surface area contributed by atoms with Crippen LogP contribution in [0.4, 0.5) is 0 Å². The zero-order valence-corrected chi connectivity index (χ0v) is 14.6. The van der Waals surface area contributed by atoms with Crippen LogP contribution in [0.25, 0.3) is 0 Å². The van der Waals surface area contributed by atoms with Crippen molar-refractivity contribution in [3.63, 3.8) is 0 Å². The number of hydrogen-bond acceptors (Lipinski definition) is 3. The lowest BCUT2D eigenvalue weighted by Crippen LogP contribution is -2.44. The minimum Gasteiger partial charge on any atom is -0.378 e. The topological polar surface area (TPSA) is 36.4 Å². The van der Waals surface area contributed by atoms with Gasteiger partial charge in [-0.05, 0) is 75.5 Å². The maximum absolute atomic E-state index is 12.1. The van der Waals surface area contributed by atoms with Gasteiger partial charge >= 0.3 is 0 Å². The molecule has 1 aliphatic carbocycles. The summed E-state index contributed by atoms with van der Waals surface area (Å²) in [4.78, 5) is 7.05. The summed E-state index contributed by atoms with van der Waals surface area (Å²) in [6.45, 7) is 4.19. The van der Waals surface area contributed by atoms with Gasteiger partial charge in [-0.15, -0.1) is 0 Å². The number of pyridine rings is 1. The second-order valence-electron chi connectivity index (χ2n) is 7.52. The highest BCUT2D eigenvalue weighted by Gasteiger charge is 2.45. The van der Waals surface area contributed by atoms with Crippen LogP contribution < -0.4 is 0 Å². The number of benzene rings is 1. The van der Waals surface area contributed by atoms with Crippen molar-refractivity contribution in [2.45, 2.75) is 38.2 Å². The van der Waals surface area contributed by atoms with Gasteiger partial charge in [0, 0.05) is 12.1 Å². The molecule has 1 unspecified atom stereocenters. The first-order valence-corrected chi connectivity index (χ1v) is 9.04. The van der Waals surface area contributed by atoms with E-state index >= 15 is 0 Å². The third kappa shape index (κ3) is 2.47. The van der Waals surface area contributed by atoms with Crippen molar-refractivity contribution in [2.75, 3.05) is 20.1 Å². The van der Waals surface area contributed by atoms with Crippen LogP contribution in [0.1, 0.15) is 40.8 Å². The van der Waals surface area contributed by atoms with Crippen LogP contribution in [0.2, 0.25) is 0 Å². The van der Waals surface area contributed by atoms with E-state index in [1.54, 1.807) is 0 Å². The van der Waals surface area contributed by atoms with Gasteiger partial charge in [0.1, 0.15) is 5.60 Å². The number of hydrogen-bond donors (Lipinski definition) is 1. The van der Waals surface area contributed by atoms with Crippen LogP contribution in [-0.4, -0.2) is 35.1 Å². The SMILES string of the molecule is Cc1ccc2c(c1)C(O)(C1CCN(C)CC1)c1ncccc1CC2. The van der Waals surface area contributed by atoms with Crippen LogP contribution in [0.5, 0.6) is 0 Å². The smallest absolute Gasteiger partial charge is 0.135 e. The van der Waals surface area contributed by atoms with Crippen molar-refractivity contribution >= 4 is 0 Å². The monoisotopic (exact) mass is 322 g/mol. The van der Waals surface area contributed by atoms with Crippen molar-refractivity contribution < 1.29 is 5.11 Å². The number of aliphatic hydroxyl groups is 1. The average Bonchev–Trinajstić information content (AvgIpc) is 2.72. The molecule has 0 spiro atoms. The third-order valence-corrected chi connectivity index (χ3v) is 5.90. The Morgan fingerprint density at radius 3 is 2.67 bits per heavy atom. The second-order valence-corrected chi connectivity index (χ2v) is 7.52. The van der Waals surface area contributed by atoms with Crippen LogP contribution >= 0.6 is 0 Å². The van der Waals surface area contributed by atoms with Crippen LogP contribution in [0.15, 0.2) is 36.5 Å². The fourth-order valence-electron chi connectivity index (χ4n) is 4.48. The molecule has 2 aliphatic rings. The highest BCUT2D eigenvalue weighted by atomic mass is 16.3. The summed E-state index contributed by atoms with van der Waals surface area (Å²) in [6.07, 6.45) is 5.78. The van der Waals surface area contributed by atoms with Crippen molar-refractivity contribution in [3.05, 3.63) is 64.5 Å². The molecule has 24 heavy (non-hydrogen) atoms. The largest absolute Gasteiger partial charge is 0.378 e. The lowest BCUT2D eigenvalue weighted by molar-refractivity contribution is -0.0148. The van der Waals surface area contributed by atoms with E-state index in [4.69, 9.17) is 4.98 Å². The van der Waals surface area contributed by atoms with E-state index in [1.807, 2.05) is 12.3 Å². The van der Waals surface area contributed by atoms with Gasteiger partial charge in [0.05, 0.1) is 5.69 Å². The zero-order chi connectivity index (χ0) is 16.7. The van der Waals surface area contributed by atoms with Crippen molar-refractivity contribution in [3.8, 4) is 0 Å². The summed E-state index contributed by atoms with van der Waals surface area (Å²) >= 11 is 0. The van der Waals surface area contributed by atoms with Gasteiger partial charge in [-0.2, -0.15) is 0 Å². The Morgan fingerprint density at radius 2 is 1.88 bits per heavy atom. The number of likely N-dealkylation sites (tertiary alicyclic amines) is 1. The van der Waals surface area contributed by atoms with Crippen LogP contribution in [0, 0.1) is 12.8 Å². The Kier molecular flexibility index (Phi) is 3.93. The van der Waals surface area contributed by atoms with Gasteiger partial charge in [-0.25, -0.2) is 0 Å². The molecule has 1 fully saturated rings. The summed E-state index contributed by atoms with van der Waals surface area (Å²) in [7, 11) is 2.16. The molecule has 1 saturated heterocycles. The van der Waals surface area contributed by atoms with Crippen molar-refractivity contribution in [1.29, 1.82) is 0 Å². The van der Waals surface area contributed by atoms with Gasteiger partial charge in [0.15, 0.2) is 0 Å². The number of fused-ring (bicyclic) bond motifs is 2. The number of nitrogens with zero attached hydrogens (tertiary/aromatic N) is 2. The lowest BCUT2D eigenvalue weighted by atomic mass is 9.72. The fourth-order valence-corrected chi connectivity index (χ4v) is 4.48. The Hall–Kier alpha value is -1.71. The number of rotatable bonds is 1. The zero-order valence-electron chi connectivity index (χ0n) is 14.6. The molecule has 1 aromatic heterocycles. The van der Waals surface area contributed by atoms with Crippen LogP contribution in [-0.2, 0) is 18.4 Å². The molecule has 0 bridgehead atoms. The molecule has 2 heterocycles. The lowest BCUT2D eigenvalue weighted by Gasteiger charge is -2.41. The standard InChI is InChI=1S/C21H26N2O/c1-15-5-6-16-7-8-17-4-3-11-22-20(17)21(24,19(16)14-15)18-9-12-23(2)13-10-18/h3-6,11,14,18,24H,7-10,12-13H2,1-2H3.